The predicted octanol–water partition coefficient (Wildman–Crippen LogP) is 3.01. The van der Waals surface area contributed by atoms with Crippen LogP contribution in [0.2, 0.25) is 0 Å². The van der Waals surface area contributed by atoms with Gasteiger partial charge in [-0.3, -0.25) is 0 Å². The number of aromatic nitrogens is 1. The van der Waals surface area contributed by atoms with E-state index in [2.05, 4.69) is 16.8 Å². The van der Waals surface area contributed by atoms with Crippen molar-refractivity contribution in [3.05, 3.63) is 10.6 Å². The molecule has 1 aromatic rings. The quantitative estimate of drug-likeness (QED) is 0.790. The second-order valence-corrected chi connectivity index (χ2v) is 5.63. The van der Waals surface area contributed by atoms with Crippen LogP contribution < -0.4 is 4.90 Å². The van der Waals surface area contributed by atoms with Gasteiger partial charge in [-0.1, -0.05) is 18.3 Å². The first-order valence-corrected chi connectivity index (χ1v) is 7.31. The molecule has 5 heteroatoms. The molecular weight excluding hydrogens is 248 g/mol. The number of thiazole rings is 1. The molecule has 0 bridgehead atoms. The summed E-state index contributed by atoms with van der Waals surface area (Å²) < 4.78 is 4.78. The fourth-order valence-corrected chi connectivity index (χ4v) is 3.55. The highest BCUT2D eigenvalue weighted by Crippen LogP contribution is 2.32. The Morgan fingerprint density at radius 2 is 2.33 bits per heavy atom. The van der Waals surface area contributed by atoms with Gasteiger partial charge in [0.15, 0.2) is 5.13 Å². The van der Waals surface area contributed by atoms with Crippen molar-refractivity contribution in [2.45, 2.75) is 45.6 Å². The van der Waals surface area contributed by atoms with Crippen LogP contribution in [0.25, 0.3) is 0 Å². The van der Waals surface area contributed by atoms with Gasteiger partial charge in [0.05, 0.1) is 12.8 Å². The lowest BCUT2D eigenvalue weighted by Crippen LogP contribution is -2.39. The highest BCUT2D eigenvalue weighted by Gasteiger charge is 2.25. The van der Waals surface area contributed by atoms with Gasteiger partial charge >= 0.3 is 5.97 Å². The van der Waals surface area contributed by atoms with Crippen molar-refractivity contribution in [1.82, 2.24) is 4.98 Å². The van der Waals surface area contributed by atoms with E-state index in [0.29, 0.717) is 10.9 Å². The lowest BCUT2D eigenvalue weighted by atomic mass is 10.0. The minimum atomic E-state index is -0.277. The number of nitrogens with zero attached hydrogens (tertiary/aromatic N) is 2. The number of aryl methyl sites for hydroxylation is 1. The monoisotopic (exact) mass is 268 g/mol. The zero-order valence-electron chi connectivity index (χ0n) is 11.2. The topological polar surface area (TPSA) is 42.4 Å². The van der Waals surface area contributed by atoms with E-state index in [4.69, 9.17) is 4.74 Å². The molecule has 2 heterocycles. The van der Waals surface area contributed by atoms with Gasteiger partial charge in [-0.05, 0) is 32.6 Å². The van der Waals surface area contributed by atoms with E-state index in [1.54, 1.807) is 0 Å². The first-order chi connectivity index (χ1) is 8.67. The van der Waals surface area contributed by atoms with Crippen molar-refractivity contribution in [2.75, 3.05) is 18.6 Å². The minimum absolute atomic E-state index is 0.277. The summed E-state index contributed by atoms with van der Waals surface area (Å²) in [4.78, 5) is 19.1. The van der Waals surface area contributed by atoms with Crippen LogP contribution in [0.3, 0.4) is 0 Å². The lowest BCUT2D eigenvalue weighted by molar-refractivity contribution is 0.0605. The molecule has 4 nitrogen and oxygen atoms in total. The normalized spacial score (nSPS) is 19.9. The molecule has 1 fully saturated rings. The smallest absolute Gasteiger partial charge is 0.350 e. The minimum Gasteiger partial charge on any atom is -0.465 e. The van der Waals surface area contributed by atoms with Crippen LogP contribution in [0, 0.1) is 6.92 Å². The highest BCUT2D eigenvalue weighted by molar-refractivity contribution is 7.17. The molecule has 1 aromatic heterocycles. The summed E-state index contributed by atoms with van der Waals surface area (Å²) in [6.45, 7) is 5.13. The number of methoxy groups -OCH3 is 1. The van der Waals surface area contributed by atoms with Gasteiger partial charge in [0, 0.05) is 12.6 Å². The second-order valence-electron chi connectivity index (χ2n) is 4.65. The Morgan fingerprint density at radius 1 is 1.56 bits per heavy atom. The van der Waals surface area contributed by atoms with Gasteiger partial charge in [0.1, 0.15) is 4.88 Å². The molecule has 0 radical (unpaired) electrons. The maximum absolute atomic E-state index is 11.6. The summed E-state index contributed by atoms with van der Waals surface area (Å²) in [5.74, 6) is -0.277. The third-order valence-corrected chi connectivity index (χ3v) is 4.67. The Bertz CT molecular complexity index is 431. The van der Waals surface area contributed by atoms with E-state index in [1.807, 2.05) is 6.92 Å². The summed E-state index contributed by atoms with van der Waals surface area (Å²) in [6, 6.07) is 0.565. The summed E-state index contributed by atoms with van der Waals surface area (Å²) in [6.07, 6.45) is 4.86. The summed E-state index contributed by atoms with van der Waals surface area (Å²) in [7, 11) is 1.41. The van der Waals surface area contributed by atoms with Crippen LogP contribution in [-0.2, 0) is 4.74 Å². The largest absolute Gasteiger partial charge is 0.465 e. The highest BCUT2D eigenvalue weighted by atomic mass is 32.1. The molecule has 1 aliphatic heterocycles. The Morgan fingerprint density at radius 3 is 3.00 bits per heavy atom. The van der Waals surface area contributed by atoms with Crippen molar-refractivity contribution >= 4 is 22.4 Å². The lowest BCUT2D eigenvalue weighted by Gasteiger charge is -2.34. The molecule has 100 valence electrons. The number of esters is 1. The number of hydrogen-bond acceptors (Lipinski definition) is 5. The van der Waals surface area contributed by atoms with Crippen molar-refractivity contribution < 1.29 is 9.53 Å². The number of ether oxygens (including phenoxy) is 1. The fourth-order valence-electron chi connectivity index (χ4n) is 2.46. The number of piperidine rings is 1. The second kappa shape index (κ2) is 5.69. The van der Waals surface area contributed by atoms with Crippen LogP contribution in [0.1, 0.15) is 48.0 Å². The first-order valence-electron chi connectivity index (χ1n) is 6.49. The van der Waals surface area contributed by atoms with E-state index < -0.39 is 0 Å². The van der Waals surface area contributed by atoms with Crippen LogP contribution >= 0.6 is 11.3 Å². The van der Waals surface area contributed by atoms with Crippen molar-refractivity contribution in [1.29, 1.82) is 0 Å². The molecule has 0 aliphatic carbocycles. The fraction of sp³-hybridized carbons (Fsp3) is 0.692. The maximum atomic E-state index is 11.6. The Kier molecular flexibility index (Phi) is 4.22. The van der Waals surface area contributed by atoms with Crippen LogP contribution in [0.15, 0.2) is 0 Å². The van der Waals surface area contributed by atoms with Gasteiger partial charge in [0.25, 0.3) is 0 Å². The number of rotatable bonds is 3. The van der Waals surface area contributed by atoms with E-state index in [0.717, 1.165) is 23.8 Å². The van der Waals surface area contributed by atoms with Crippen molar-refractivity contribution in [3.63, 3.8) is 0 Å². The van der Waals surface area contributed by atoms with E-state index >= 15 is 0 Å². The van der Waals surface area contributed by atoms with Crippen molar-refractivity contribution in [3.8, 4) is 0 Å². The molecule has 0 aromatic carbocycles. The molecule has 2 rings (SSSR count). The molecule has 1 unspecified atom stereocenters. The molecule has 18 heavy (non-hydrogen) atoms. The standard InChI is InChI=1S/C13H20N2O2S/c1-4-10-7-5-6-8-15(10)13-14-9(2)11(18-13)12(16)17-3/h10H,4-8H2,1-3H3. The molecule has 0 amide bonds. The summed E-state index contributed by atoms with van der Waals surface area (Å²) in [5.41, 5.74) is 0.780. The molecule has 1 atom stereocenters. The number of hydrogen-bond donors (Lipinski definition) is 0. The van der Waals surface area contributed by atoms with Crippen LogP contribution in [-0.4, -0.2) is 30.6 Å². The maximum Gasteiger partial charge on any atom is 0.350 e. The third kappa shape index (κ3) is 2.51. The predicted molar refractivity (Wildman–Crippen MR) is 73.5 cm³/mol. The zero-order chi connectivity index (χ0) is 13.1. The first kappa shape index (κ1) is 13.3. The van der Waals surface area contributed by atoms with E-state index in [9.17, 15) is 4.79 Å². The zero-order valence-corrected chi connectivity index (χ0v) is 12.0. The van der Waals surface area contributed by atoms with Gasteiger partial charge in [0.2, 0.25) is 0 Å². The van der Waals surface area contributed by atoms with Gasteiger partial charge in [-0.2, -0.15) is 0 Å². The number of carbonyl (C=O) groups excluding carboxylic acids is 1. The average Bonchev–Trinajstić information content (AvgIpc) is 2.79. The van der Waals surface area contributed by atoms with E-state index in [1.165, 1.54) is 37.7 Å². The number of carbonyl (C=O) groups is 1. The molecule has 1 aliphatic rings. The molecular formula is C13H20N2O2S. The van der Waals surface area contributed by atoms with Crippen molar-refractivity contribution in [2.24, 2.45) is 0 Å². The Hall–Kier alpha value is -1.10. The number of anilines is 1. The van der Waals surface area contributed by atoms with Crippen LogP contribution in [0.5, 0.6) is 0 Å². The summed E-state index contributed by atoms with van der Waals surface area (Å²) in [5, 5.41) is 0.972. The molecule has 0 N–H and O–H groups in total. The van der Waals surface area contributed by atoms with E-state index in [-0.39, 0.29) is 5.97 Å². The molecule has 1 saturated heterocycles. The van der Waals surface area contributed by atoms with Gasteiger partial charge in [-0.25, -0.2) is 9.78 Å². The van der Waals surface area contributed by atoms with Gasteiger partial charge < -0.3 is 9.64 Å². The Labute approximate surface area is 112 Å². The summed E-state index contributed by atoms with van der Waals surface area (Å²) >= 11 is 1.46. The Balaban J connectivity index is 2.24. The average molecular weight is 268 g/mol. The molecule has 0 saturated carbocycles. The molecule has 0 spiro atoms. The third-order valence-electron chi connectivity index (χ3n) is 3.50. The van der Waals surface area contributed by atoms with Gasteiger partial charge in [-0.15, -0.1) is 0 Å². The SMILES string of the molecule is CCC1CCCCN1c1nc(C)c(C(=O)OC)s1. The van der Waals surface area contributed by atoms with Crippen LogP contribution in [0.4, 0.5) is 5.13 Å².